The van der Waals surface area contributed by atoms with E-state index in [-0.39, 0.29) is 32.5 Å². The molecule has 1 aromatic rings. The SMILES string of the molecule is CC(C)(C)OC(=O)NCCCC[C@H](NC(=O)CN=[N+]=[N-])C(=O)N[C@@H](CCCCNC(=O)OCc1ccccc1)C(=O)O. The fourth-order valence-electron chi connectivity index (χ4n) is 3.55. The quantitative estimate of drug-likeness (QED) is 0.0736. The molecule has 0 bridgehead atoms. The predicted molar refractivity (Wildman–Crippen MR) is 152 cm³/mol. The van der Waals surface area contributed by atoms with E-state index in [1.165, 1.54) is 0 Å². The first-order chi connectivity index (χ1) is 19.9. The topological polar surface area (TPSA) is 221 Å². The minimum Gasteiger partial charge on any atom is -0.480 e. The molecule has 232 valence electrons. The van der Waals surface area contributed by atoms with Crippen LogP contribution in [0.1, 0.15) is 64.9 Å². The Balaban J connectivity index is 2.52. The number of ether oxygens (including phenoxy) is 2. The van der Waals surface area contributed by atoms with E-state index in [4.69, 9.17) is 15.0 Å². The van der Waals surface area contributed by atoms with Crippen LogP contribution in [-0.4, -0.2) is 72.4 Å². The number of azide groups is 1. The van der Waals surface area contributed by atoms with Gasteiger partial charge in [0.1, 0.15) is 30.8 Å². The highest BCUT2D eigenvalue weighted by Gasteiger charge is 2.26. The average molecular weight is 592 g/mol. The highest BCUT2D eigenvalue weighted by atomic mass is 16.6. The first kappa shape index (κ1) is 35.5. The number of alkyl carbamates (subject to hydrolysis) is 2. The third kappa shape index (κ3) is 17.2. The van der Waals surface area contributed by atoms with Crippen molar-refractivity contribution in [2.75, 3.05) is 19.6 Å². The van der Waals surface area contributed by atoms with Crippen LogP contribution in [-0.2, 0) is 30.5 Å². The van der Waals surface area contributed by atoms with Gasteiger partial charge in [-0.1, -0.05) is 35.4 Å². The first-order valence-corrected chi connectivity index (χ1v) is 13.7. The van der Waals surface area contributed by atoms with E-state index < -0.39 is 54.2 Å². The number of carboxylic acid groups (broad SMARTS) is 1. The summed E-state index contributed by atoms with van der Waals surface area (Å²) in [6.45, 7) is 5.33. The zero-order valence-electron chi connectivity index (χ0n) is 24.3. The second-order valence-electron chi connectivity index (χ2n) is 10.3. The zero-order valence-corrected chi connectivity index (χ0v) is 24.3. The largest absolute Gasteiger partial charge is 0.480 e. The van der Waals surface area contributed by atoms with Crippen LogP contribution in [0.4, 0.5) is 9.59 Å². The van der Waals surface area contributed by atoms with Crippen LogP contribution in [0.15, 0.2) is 35.4 Å². The third-order valence-electron chi connectivity index (χ3n) is 5.53. The molecule has 2 atom stereocenters. The van der Waals surface area contributed by atoms with Gasteiger partial charge in [0.25, 0.3) is 0 Å². The number of carbonyl (C=O) groups is 5. The summed E-state index contributed by atoms with van der Waals surface area (Å²) in [4.78, 5) is 62.9. The Bertz CT molecular complexity index is 1070. The van der Waals surface area contributed by atoms with Gasteiger partial charge in [0.2, 0.25) is 11.8 Å². The molecule has 15 heteroatoms. The lowest BCUT2D eigenvalue weighted by molar-refractivity contribution is -0.142. The van der Waals surface area contributed by atoms with Gasteiger partial charge in [0.05, 0.1) is 0 Å². The van der Waals surface area contributed by atoms with Crippen molar-refractivity contribution in [3.05, 3.63) is 46.3 Å². The molecule has 0 heterocycles. The highest BCUT2D eigenvalue weighted by Crippen LogP contribution is 2.08. The number of hydrogen-bond donors (Lipinski definition) is 5. The number of rotatable bonds is 18. The second-order valence-corrected chi connectivity index (χ2v) is 10.3. The van der Waals surface area contributed by atoms with E-state index in [1.54, 1.807) is 20.8 Å². The lowest BCUT2D eigenvalue weighted by Gasteiger charge is -2.22. The fraction of sp³-hybridized carbons (Fsp3) is 0.593. The van der Waals surface area contributed by atoms with Crippen molar-refractivity contribution in [3.8, 4) is 0 Å². The van der Waals surface area contributed by atoms with Gasteiger partial charge in [-0.3, -0.25) is 9.59 Å². The second kappa shape index (κ2) is 19.5. The van der Waals surface area contributed by atoms with Crippen LogP contribution in [0.2, 0.25) is 0 Å². The standard InChI is InChI=1S/C27H41N7O8/c1-27(2,3)42-26(40)30-16-9-7-13-20(32-22(35)17-31-34-28)23(36)33-21(24(37)38)14-8-10-15-29-25(39)41-18-19-11-5-4-6-12-19/h4-6,11-12,20-21H,7-10,13-18H2,1-3H3,(H,29,39)(H,30,40)(H,32,35)(H,33,36)(H,37,38)/t20-,21-/m0/s1. The number of hydrogen-bond acceptors (Lipinski definition) is 8. The van der Waals surface area contributed by atoms with Gasteiger partial charge in [-0.25, -0.2) is 14.4 Å². The zero-order chi connectivity index (χ0) is 31.4. The first-order valence-electron chi connectivity index (χ1n) is 13.7. The van der Waals surface area contributed by atoms with Crippen LogP contribution < -0.4 is 21.3 Å². The molecular formula is C27H41N7O8. The minimum absolute atomic E-state index is 0.0843. The molecule has 0 spiro atoms. The number of benzene rings is 1. The summed E-state index contributed by atoms with van der Waals surface area (Å²) in [5.41, 5.74) is 8.64. The maximum absolute atomic E-state index is 12.9. The number of carbonyl (C=O) groups excluding carboxylic acids is 4. The van der Waals surface area contributed by atoms with Crippen molar-refractivity contribution in [1.29, 1.82) is 0 Å². The molecule has 0 radical (unpaired) electrons. The fourth-order valence-corrected chi connectivity index (χ4v) is 3.55. The van der Waals surface area contributed by atoms with Crippen LogP contribution in [0, 0.1) is 0 Å². The number of aliphatic carboxylic acids is 1. The van der Waals surface area contributed by atoms with E-state index in [9.17, 15) is 29.1 Å². The summed E-state index contributed by atoms with van der Waals surface area (Å²) < 4.78 is 10.3. The summed E-state index contributed by atoms with van der Waals surface area (Å²) >= 11 is 0. The van der Waals surface area contributed by atoms with Crippen LogP contribution >= 0.6 is 0 Å². The molecule has 0 saturated heterocycles. The lowest BCUT2D eigenvalue weighted by Crippen LogP contribution is -2.52. The molecule has 15 nitrogen and oxygen atoms in total. The molecule has 42 heavy (non-hydrogen) atoms. The Kier molecular flexibility index (Phi) is 16.5. The van der Waals surface area contributed by atoms with E-state index in [0.29, 0.717) is 25.7 Å². The van der Waals surface area contributed by atoms with Crippen molar-refractivity contribution in [2.24, 2.45) is 5.11 Å². The maximum atomic E-state index is 12.9. The summed E-state index contributed by atoms with van der Waals surface area (Å²) in [7, 11) is 0. The molecule has 0 fully saturated rings. The Labute approximate surface area is 244 Å². The van der Waals surface area contributed by atoms with Gasteiger partial charge >= 0.3 is 18.2 Å². The normalized spacial score (nSPS) is 12.1. The molecule has 1 aromatic carbocycles. The van der Waals surface area contributed by atoms with Crippen LogP contribution in [0.3, 0.4) is 0 Å². The van der Waals surface area contributed by atoms with Gasteiger partial charge in [-0.05, 0) is 70.4 Å². The number of unbranched alkanes of at least 4 members (excludes halogenated alkanes) is 2. The molecule has 0 saturated carbocycles. The van der Waals surface area contributed by atoms with Crippen molar-refractivity contribution in [1.82, 2.24) is 21.3 Å². The van der Waals surface area contributed by atoms with Gasteiger partial charge < -0.3 is 35.8 Å². The number of nitrogens with zero attached hydrogens (tertiary/aromatic N) is 3. The molecule has 5 N–H and O–H groups in total. The maximum Gasteiger partial charge on any atom is 0.407 e. The van der Waals surface area contributed by atoms with Gasteiger partial charge in [-0.2, -0.15) is 0 Å². The van der Waals surface area contributed by atoms with Crippen molar-refractivity contribution in [3.63, 3.8) is 0 Å². The van der Waals surface area contributed by atoms with Gasteiger partial charge in [-0.15, -0.1) is 0 Å². The van der Waals surface area contributed by atoms with Crippen molar-refractivity contribution in [2.45, 2.75) is 83.6 Å². The number of carboxylic acids is 1. The van der Waals surface area contributed by atoms with E-state index in [0.717, 1.165) is 5.56 Å². The minimum atomic E-state index is -1.25. The molecule has 0 aliphatic rings. The van der Waals surface area contributed by atoms with E-state index in [2.05, 4.69) is 31.3 Å². The molecule has 0 aromatic heterocycles. The van der Waals surface area contributed by atoms with Crippen molar-refractivity contribution < 1.29 is 38.6 Å². The molecule has 0 aliphatic carbocycles. The summed E-state index contributed by atoms with van der Waals surface area (Å²) in [5.74, 6) is -2.66. The molecule has 0 aliphatic heterocycles. The smallest absolute Gasteiger partial charge is 0.407 e. The van der Waals surface area contributed by atoms with Gasteiger partial charge in [0.15, 0.2) is 0 Å². The van der Waals surface area contributed by atoms with Crippen LogP contribution in [0.25, 0.3) is 10.4 Å². The third-order valence-corrected chi connectivity index (χ3v) is 5.53. The number of nitrogens with one attached hydrogen (secondary N) is 4. The Hall–Kier alpha value is -4.52. The molecule has 1 rings (SSSR count). The van der Waals surface area contributed by atoms with E-state index in [1.807, 2.05) is 30.3 Å². The molecular weight excluding hydrogens is 550 g/mol. The average Bonchev–Trinajstić information content (AvgIpc) is 2.92. The molecule has 0 unspecified atom stereocenters. The summed E-state index contributed by atoms with van der Waals surface area (Å²) in [6, 6.07) is 6.86. The highest BCUT2D eigenvalue weighted by molar-refractivity contribution is 5.90. The summed E-state index contributed by atoms with van der Waals surface area (Å²) in [6.07, 6.45) is 0.729. The summed E-state index contributed by atoms with van der Waals surface area (Å²) in [5, 5.41) is 22.9. The van der Waals surface area contributed by atoms with E-state index >= 15 is 0 Å². The van der Waals surface area contributed by atoms with Gasteiger partial charge in [0, 0.05) is 18.0 Å². The lowest BCUT2D eigenvalue weighted by atomic mass is 10.1. The predicted octanol–water partition coefficient (Wildman–Crippen LogP) is 3.14. The number of amides is 4. The Morgan fingerprint density at radius 1 is 0.905 bits per heavy atom. The monoisotopic (exact) mass is 591 g/mol. The molecule has 4 amide bonds. The van der Waals surface area contributed by atoms with Crippen LogP contribution in [0.5, 0.6) is 0 Å². The van der Waals surface area contributed by atoms with Crippen molar-refractivity contribution >= 4 is 30.0 Å². The Morgan fingerprint density at radius 2 is 1.50 bits per heavy atom. The Morgan fingerprint density at radius 3 is 2.07 bits per heavy atom.